The minimum atomic E-state index is -0.125. The summed E-state index contributed by atoms with van der Waals surface area (Å²) >= 11 is 0. The van der Waals surface area contributed by atoms with E-state index in [4.69, 9.17) is 18.9 Å². The molecular weight excluding hydrogens is 342 g/mol. The predicted molar refractivity (Wildman–Crippen MR) is 102 cm³/mol. The molecule has 0 bridgehead atoms. The van der Waals surface area contributed by atoms with Gasteiger partial charge in [0, 0.05) is 25.0 Å². The summed E-state index contributed by atoms with van der Waals surface area (Å²) in [6.45, 7) is 1.58. The van der Waals surface area contributed by atoms with Gasteiger partial charge in [0.2, 0.25) is 0 Å². The van der Waals surface area contributed by atoms with E-state index in [2.05, 4.69) is 29.6 Å². The van der Waals surface area contributed by atoms with E-state index in [-0.39, 0.29) is 12.6 Å². The molecule has 2 saturated heterocycles. The molecule has 2 N–H and O–H groups in total. The fraction of sp³-hybridized carbons (Fsp3) is 0.455. The third kappa shape index (κ3) is 3.68. The minimum Gasteiger partial charge on any atom is -0.465 e. The SMILES string of the molecule is c1cc2c(cc1OC1CCCCO1)-c1cc(OC3CCCCO3)ccc1[NH2+]2. The smallest absolute Gasteiger partial charge is 0.199 e. The molecule has 0 spiro atoms. The van der Waals surface area contributed by atoms with Crippen molar-refractivity contribution < 1.29 is 24.3 Å². The van der Waals surface area contributed by atoms with Crippen LogP contribution in [0.15, 0.2) is 36.4 Å². The monoisotopic (exact) mass is 368 g/mol. The average molecular weight is 368 g/mol. The zero-order valence-electron chi connectivity index (χ0n) is 15.5. The first kappa shape index (κ1) is 17.0. The van der Waals surface area contributed by atoms with Crippen LogP contribution in [-0.4, -0.2) is 25.8 Å². The van der Waals surface area contributed by atoms with E-state index in [0.717, 1.165) is 63.2 Å². The van der Waals surface area contributed by atoms with Crippen LogP contribution in [0.4, 0.5) is 11.4 Å². The Bertz CT molecular complexity index is 742. The van der Waals surface area contributed by atoms with Crippen molar-refractivity contribution in [2.75, 3.05) is 13.2 Å². The summed E-state index contributed by atoms with van der Waals surface area (Å²) in [5.74, 6) is 1.73. The van der Waals surface area contributed by atoms with Crippen LogP contribution in [0.1, 0.15) is 38.5 Å². The van der Waals surface area contributed by atoms with Gasteiger partial charge in [0.05, 0.1) is 24.3 Å². The highest BCUT2D eigenvalue weighted by Gasteiger charge is 2.26. The Morgan fingerprint density at radius 2 is 1.22 bits per heavy atom. The topological polar surface area (TPSA) is 53.5 Å². The van der Waals surface area contributed by atoms with Gasteiger partial charge in [0.1, 0.15) is 22.9 Å². The van der Waals surface area contributed by atoms with Crippen LogP contribution in [0.25, 0.3) is 11.1 Å². The van der Waals surface area contributed by atoms with Gasteiger partial charge >= 0.3 is 0 Å². The summed E-state index contributed by atoms with van der Waals surface area (Å²) in [4.78, 5) is 0. The van der Waals surface area contributed by atoms with E-state index in [0.29, 0.717) is 0 Å². The zero-order valence-corrected chi connectivity index (χ0v) is 15.5. The molecule has 2 aromatic carbocycles. The van der Waals surface area contributed by atoms with Gasteiger partial charge in [-0.2, -0.15) is 0 Å². The van der Waals surface area contributed by atoms with Crippen LogP contribution in [-0.2, 0) is 9.47 Å². The van der Waals surface area contributed by atoms with Gasteiger partial charge in [-0.15, -0.1) is 0 Å². The molecule has 5 nitrogen and oxygen atoms in total. The Labute approximate surface area is 159 Å². The van der Waals surface area contributed by atoms with E-state index in [1.807, 2.05) is 12.1 Å². The highest BCUT2D eigenvalue weighted by atomic mass is 16.7. The lowest BCUT2D eigenvalue weighted by Gasteiger charge is -2.23. The number of ether oxygens (including phenoxy) is 4. The van der Waals surface area contributed by atoms with Crippen molar-refractivity contribution in [3.05, 3.63) is 36.4 Å². The van der Waals surface area contributed by atoms with Gasteiger partial charge in [-0.3, -0.25) is 5.32 Å². The summed E-state index contributed by atoms with van der Waals surface area (Å²) in [7, 11) is 0. The second-order valence-corrected chi connectivity index (χ2v) is 7.47. The fourth-order valence-electron chi connectivity index (χ4n) is 4.01. The number of hydrogen-bond donors (Lipinski definition) is 1. The molecule has 27 heavy (non-hydrogen) atoms. The molecule has 3 aliphatic rings. The number of rotatable bonds is 4. The molecule has 0 aromatic heterocycles. The maximum absolute atomic E-state index is 6.06. The lowest BCUT2D eigenvalue weighted by Crippen LogP contribution is -2.69. The van der Waals surface area contributed by atoms with Crippen LogP contribution in [0, 0.1) is 0 Å². The van der Waals surface area contributed by atoms with E-state index in [1.54, 1.807) is 0 Å². The lowest BCUT2D eigenvalue weighted by molar-refractivity contribution is -0.473. The Morgan fingerprint density at radius 3 is 1.67 bits per heavy atom. The maximum Gasteiger partial charge on any atom is 0.199 e. The molecule has 2 aromatic rings. The summed E-state index contributed by atoms with van der Waals surface area (Å²) in [5, 5.41) is 2.21. The summed E-state index contributed by atoms with van der Waals surface area (Å²) in [6.07, 6.45) is 6.24. The molecule has 2 atom stereocenters. The third-order valence-electron chi connectivity index (χ3n) is 5.46. The van der Waals surface area contributed by atoms with Crippen LogP contribution in [0.3, 0.4) is 0 Å². The van der Waals surface area contributed by atoms with Crippen LogP contribution < -0.4 is 14.8 Å². The van der Waals surface area contributed by atoms with Crippen molar-refractivity contribution in [1.29, 1.82) is 0 Å². The molecule has 0 amide bonds. The molecule has 3 aliphatic heterocycles. The lowest BCUT2D eigenvalue weighted by atomic mass is 10.1. The molecule has 0 radical (unpaired) electrons. The Balaban J connectivity index is 1.36. The highest BCUT2D eigenvalue weighted by Crippen LogP contribution is 2.40. The molecule has 0 saturated carbocycles. The van der Waals surface area contributed by atoms with Crippen molar-refractivity contribution in [3.8, 4) is 22.6 Å². The average Bonchev–Trinajstić information content (AvgIpc) is 3.07. The second-order valence-electron chi connectivity index (χ2n) is 7.47. The van der Waals surface area contributed by atoms with Gasteiger partial charge < -0.3 is 18.9 Å². The number of hydrogen-bond acceptors (Lipinski definition) is 4. The Kier molecular flexibility index (Phi) is 4.74. The molecule has 2 fully saturated rings. The molecule has 3 heterocycles. The number of quaternary nitrogens is 1. The number of fused-ring (bicyclic) bond motifs is 3. The normalized spacial score (nSPS) is 24.1. The summed E-state index contributed by atoms with van der Waals surface area (Å²) in [5.41, 5.74) is 4.81. The molecule has 0 aliphatic carbocycles. The van der Waals surface area contributed by atoms with Gasteiger partial charge in [0.15, 0.2) is 12.6 Å². The van der Waals surface area contributed by atoms with Gasteiger partial charge in [-0.05, 0) is 49.9 Å². The first-order chi connectivity index (χ1) is 13.3. The Hall–Kier alpha value is -2.08. The van der Waals surface area contributed by atoms with Crippen LogP contribution in [0.2, 0.25) is 0 Å². The first-order valence-electron chi connectivity index (χ1n) is 10.0. The quantitative estimate of drug-likeness (QED) is 0.707. The highest BCUT2D eigenvalue weighted by molar-refractivity contribution is 5.86. The van der Waals surface area contributed by atoms with Crippen molar-refractivity contribution in [1.82, 2.24) is 0 Å². The van der Waals surface area contributed by atoms with E-state index in [1.165, 1.54) is 22.5 Å². The molecule has 5 rings (SSSR count). The minimum absolute atomic E-state index is 0.125. The van der Waals surface area contributed by atoms with E-state index >= 15 is 0 Å². The van der Waals surface area contributed by atoms with Crippen molar-refractivity contribution in [3.63, 3.8) is 0 Å². The van der Waals surface area contributed by atoms with Gasteiger partial charge in [-0.25, -0.2) is 0 Å². The third-order valence-corrected chi connectivity index (χ3v) is 5.46. The molecular formula is C22H26NO4+. The Morgan fingerprint density at radius 1 is 0.704 bits per heavy atom. The first-order valence-corrected chi connectivity index (χ1v) is 10.0. The largest absolute Gasteiger partial charge is 0.465 e. The maximum atomic E-state index is 6.06. The number of nitrogens with two attached hydrogens (primary N) is 1. The number of benzene rings is 2. The molecule has 142 valence electrons. The van der Waals surface area contributed by atoms with E-state index in [9.17, 15) is 0 Å². The second kappa shape index (κ2) is 7.50. The van der Waals surface area contributed by atoms with Crippen molar-refractivity contribution in [2.45, 2.75) is 51.1 Å². The predicted octanol–water partition coefficient (Wildman–Crippen LogP) is 4.00. The standard InChI is InChI=1S/C22H25NO4/c1-3-11-24-21(5-1)26-15-7-9-19-17(13-15)18-14-16(8-10-20(18)23-19)27-22-6-2-4-12-25-22/h7-10,13-14,21-23H,1-6,11-12H2/p+1. The van der Waals surface area contributed by atoms with Crippen LogP contribution in [0.5, 0.6) is 11.5 Å². The molecule has 5 heteroatoms. The zero-order chi connectivity index (χ0) is 18.1. The van der Waals surface area contributed by atoms with Crippen molar-refractivity contribution >= 4 is 11.4 Å². The van der Waals surface area contributed by atoms with Crippen LogP contribution >= 0.6 is 0 Å². The summed E-state index contributed by atoms with van der Waals surface area (Å²) in [6, 6.07) is 12.6. The fourth-order valence-corrected chi connectivity index (χ4v) is 4.01. The van der Waals surface area contributed by atoms with Gasteiger partial charge in [0.25, 0.3) is 0 Å². The van der Waals surface area contributed by atoms with E-state index < -0.39 is 0 Å². The van der Waals surface area contributed by atoms with Crippen molar-refractivity contribution in [2.24, 2.45) is 0 Å². The van der Waals surface area contributed by atoms with Gasteiger partial charge in [-0.1, -0.05) is 0 Å². The molecule has 2 unspecified atom stereocenters. The summed E-state index contributed by atoms with van der Waals surface area (Å²) < 4.78 is 23.5.